The number of aliphatic carboxylic acids is 1. The minimum atomic E-state index is -1.14. The summed E-state index contributed by atoms with van der Waals surface area (Å²) in [5, 5.41) is 14.7. The molecular formula is C15H20N2O4. The molecule has 1 aliphatic rings. The molecule has 1 saturated carbocycles. The molecule has 0 radical (unpaired) electrons. The van der Waals surface area contributed by atoms with Crippen LogP contribution < -0.4 is 15.4 Å². The normalized spacial score (nSPS) is 16.8. The molecule has 0 aliphatic heterocycles. The zero-order valence-electron chi connectivity index (χ0n) is 12.0. The van der Waals surface area contributed by atoms with E-state index in [1.165, 1.54) is 0 Å². The van der Waals surface area contributed by atoms with Crippen molar-refractivity contribution >= 4 is 17.7 Å². The van der Waals surface area contributed by atoms with Crippen LogP contribution in [0.3, 0.4) is 0 Å². The number of anilines is 1. The minimum absolute atomic E-state index is 0.471. The molecule has 0 unspecified atom stereocenters. The number of benzene rings is 1. The van der Waals surface area contributed by atoms with Gasteiger partial charge in [0.25, 0.3) is 0 Å². The first-order valence-corrected chi connectivity index (χ1v) is 7.02. The molecule has 1 fully saturated rings. The number of hydrogen-bond donors (Lipinski definition) is 3. The van der Waals surface area contributed by atoms with Gasteiger partial charge in [-0.05, 0) is 37.1 Å². The lowest BCUT2D eigenvalue weighted by molar-refractivity contribution is -0.145. The molecule has 6 heteroatoms. The van der Waals surface area contributed by atoms with Gasteiger partial charge < -0.3 is 20.5 Å². The maximum Gasteiger partial charge on any atom is 0.329 e. The van der Waals surface area contributed by atoms with Gasteiger partial charge in [-0.3, -0.25) is 0 Å². The van der Waals surface area contributed by atoms with Crippen molar-refractivity contribution in [3.8, 4) is 5.75 Å². The van der Waals surface area contributed by atoms with Crippen LogP contribution in [0.5, 0.6) is 5.75 Å². The van der Waals surface area contributed by atoms with Gasteiger partial charge >= 0.3 is 12.0 Å². The summed E-state index contributed by atoms with van der Waals surface area (Å²) in [6.07, 6.45) is 3.58. The van der Waals surface area contributed by atoms with Crippen LogP contribution in [0, 0.1) is 0 Å². The quantitative estimate of drug-likeness (QED) is 0.796. The molecule has 114 valence electrons. The average Bonchev–Trinajstić information content (AvgIpc) is 2.48. The molecule has 21 heavy (non-hydrogen) atoms. The Labute approximate surface area is 123 Å². The summed E-state index contributed by atoms with van der Waals surface area (Å²) in [6.45, 7) is 0. The number of ether oxygens (including phenoxy) is 1. The Morgan fingerprint density at radius 2 is 1.76 bits per heavy atom. The van der Waals surface area contributed by atoms with Crippen LogP contribution in [0.2, 0.25) is 0 Å². The first-order chi connectivity index (χ1) is 10.1. The van der Waals surface area contributed by atoms with Crippen LogP contribution in [0.4, 0.5) is 10.5 Å². The second kappa shape index (κ2) is 6.47. The Kier molecular flexibility index (Phi) is 4.67. The van der Waals surface area contributed by atoms with Crippen molar-refractivity contribution in [2.45, 2.75) is 37.6 Å². The number of urea groups is 1. The SMILES string of the molecule is COc1ccc(NC(=O)NC2(C(=O)O)CCCCC2)cc1. The van der Waals surface area contributed by atoms with E-state index in [1.807, 2.05) is 0 Å². The standard InChI is InChI=1S/C15H20N2O4/c1-21-12-7-5-11(6-8-12)16-14(20)17-15(13(18)19)9-3-2-4-10-15/h5-8H,2-4,9-10H2,1H3,(H,18,19)(H2,16,17,20). The minimum Gasteiger partial charge on any atom is -0.497 e. The molecule has 6 nitrogen and oxygen atoms in total. The molecule has 1 aliphatic carbocycles. The van der Waals surface area contributed by atoms with E-state index in [0.29, 0.717) is 24.3 Å². The lowest BCUT2D eigenvalue weighted by atomic mass is 9.82. The van der Waals surface area contributed by atoms with Crippen LogP contribution in [0.25, 0.3) is 0 Å². The Morgan fingerprint density at radius 1 is 1.14 bits per heavy atom. The summed E-state index contributed by atoms with van der Waals surface area (Å²) < 4.78 is 5.04. The van der Waals surface area contributed by atoms with Crippen molar-refractivity contribution in [1.82, 2.24) is 5.32 Å². The van der Waals surface area contributed by atoms with Gasteiger partial charge in [0.2, 0.25) is 0 Å². The predicted octanol–water partition coefficient (Wildman–Crippen LogP) is 2.60. The van der Waals surface area contributed by atoms with E-state index in [4.69, 9.17) is 4.74 Å². The smallest absolute Gasteiger partial charge is 0.329 e. The highest BCUT2D eigenvalue weighted by molar-refractivity contribution is 5.94. The lowest BCUT2D eigenvalue weighted by Gasteiger charge is -2.33. The zero-order valence-corrected chi connectivity index (χ0v) is 12.0. The first kappa shape index (κ1) is 15.2. The monoisotopic (exact) mass is 292 g/mol. The predicted molar refractivity (Wildman–Crippen MR) is 78.6 cm³/mol. The molecule has 0 aromatic heterocycles. The van der Waals surface area contributed by atoms with Crippen molar-refractivity contribution < 1.29 is 19.4 Å². The second-order valence-electron chi connectivity index (χ2n) is 5.26. The topological polar surface area (TPSA) is 87.7 Å². The molecular weight excluding hydrogens is 272 g/mol. The van der Waals surface area contributed by atoms with Crippen LogP contribution in [-0.2, 0) is 4.79 Å². The fraction of sp³-hybridized carbons (Fsp3) is 0.467. The third-order valence-corrected chi connectivity index (χ3v) is 3.82. The third kappa shape index (κ3) is 3.65. The van der Waals surface area contributed by atoms with E-state index in [-0.39, 0.29) is 0 Å². The van der Waals surface area contributed by atoms with Gasteiger partial charge in [-0.15, -0.1) is 0 Å². The maximum atomic E-state index is 12.0. The highest BCUT2D eigenvalue weighted by Gasteiger charge is 2.40. The molecule has 0 heterocycles. The number of nitrogens with one attached hydrogen (secondary N) is 2. The second-order valence-corrected chi connectivity index (χ2v) is 5.26. The Morgan fingerprint density at radius 3 is 2.29 bits per heavy atom. The van der Waals surface area contributed by atoms with E-state index < -0.39 is 17.5 Å². The number of amides is 2. The van der Waals surface area contributed by atoms with Crippen molar-refractivity contribution in [3.63, 3.8) is 0 Å². The Hall–Kier alpha value is -2.24. The number of rotatable bonds is 4. The number of hydrogen-bond acceptors (Lipinski definition) is 3. The van der Waals surface area contributed by atoms with Gasteiger partial charge in [0.15, 0.2) is 0 Å². The molecule has 0 spiro atoms. The Bertz CT molecular complexity index is 507. The number of carbonyl (C=O) groups is 2. The number of carboxylic acids is 1. The van der Waals surface area contributed by atoms with Gasteiger partial charge in [-0.1, -0.05) is 19.3 Å². The van der Waals surface area contributed by atoms with Crippen molar-refractivity contribution in [3.05, 3.63) is 24.3 Å². The van der Waals surface area contributed by atoms with Gasteiger partial charge in [-0.25, -0.2) is 9.59 Å². The van der Waals surface area contributed by atoms with E-state index in [0.717, 1.165) is 19.3 Å². The van der Waals surface area contributed by atoms with Gasteiger partial charge in [0.05, 0.1) is 7.11 Å². The van der Waals surface area contributed by atoms with Gasteiger partial charge in [0, 0.05) is 5.69 Å². The fourth-order valence-corrected chi connectivity index (χ4v) is 2.60. The molecule has 0 atom stereocenters. The molecule has 1 aromatic carbocycles. The molecule has 0 bridgehead atoms. The van der Waals surface area contributed by atoms with Crippen molar-refractivity contribution in [2.75, 3.05) is 12.4 Å². The molecule has 0 saturated heterocycles. The molecule has 1 aromatic rings. The molecule has 2 rings (SSSR count). The summed E-state index contributed by atoms with van der Waals surface area (Å²) in [7, 11) is 1.56. The van der Waals surface area contributed by atoms with Crippen molar-refractivity contribution in [1.29, 1.82) is 0 Å². The van der Waals surface area contributed by atoms with Crippen LogP contribution >= 0.6 is 0 Å². The van der Waals surface area contributed by atoms with Crippen LogP contribution in [0.1, 0.15) is 32.1 Å². The summed E-state index contributed by atoms with van der Waals surface area (Å²) in [6, 6.07) is 6.36. The number of methoxy groups -OCH3 is 1. The van der Waals surface area contributed by atoms with E-state index in [1.54, 1.807) is 31.4 Å². The molecule has 3 N–H and O–H groups in total. The van der Waals surface area contributed by atoms with Crippen LogP contribution in [0.15, 0.2) is 24.3 Å². The third-order valence-electron chi connectivity index (χ3n) is 3.82. The molecule has 2 amide bonds. The fourth-order valence-electron chi connectivity index (χ4n) is 2.60. The average molecular weight is 292 g/mol. The summed E-state index contributed by atoms with van der Waals surface area (Å²) in [5.41, 5.74) is -0.556. The highest BCUT2D eigenvalue weighted by Crippen LogP contribution is 2.28. The Balaban J connectivity index is 2.00. The zero-order chi connectivity index (χ0) is 15.3. The van der Waals surface area contributed by atoms with Gasteiger partial charge in [0.1, 0.15) is 11.3 Å². The largest absolute Gasteiger partial charge is 0.497 e. The number of carboxylic acid groups (broad SMARTS) is 1. The van der Waals surface area contributed by atoms with Crippen molar-refractivity contribution in [2.24, 2.45) is 0 Å². The first-order valence-electron chi connectivity index (χ1n) is 7.02. The lowest BCUT2D eigenvalue weighted by Crippen LogP contribution is -2.56. The highest BCUT2D eigenvalue weighted by atomic mass is 16.5. The maximum absolute atomic E-state index is 12.0. The van der Waals surface area contributed by atoms with Gasteiger partial charge in [-0.2, -0.15) is 0 Å². The van der Waals surface area contributed by atoms with E-state index in [9.17, 15) is 14.7 Å². The van der Waals surface area contributed by atoms with Crippen LogP contribution in [-0.4, -0.2) is 29.8 Å². The number of carbonyl (C=O) groups excluding carboxylic acids is 1. The summed E-state index contributed by atoms with van der Waals surface area (Å²) in [5.74, 6) is -0.276. The summed E-state index contributed by atoms with van der Waals surface area (Å²) in [4.78, 5) is 23.5. The van der Waals surface area contributed by atoms with E-state index in [2.05, 4.69) is 10.6 Å². The summed E-state index contributed by atoms with van der Waals surface area (Å²) >= 11 is 0. The van der Waals surface area contributed by atoms with E-state index >= 15 is 0 Å².